The first-order valence-electron chi connectivity index (χ1n) is 13.4. The van der Waals surface area contributed by atoms with E-state index in [0.717, 1.165) is 5.56 Å². The molecule has 4 heterocycles. The van der Waals surface area contributed by atoms with Gasteiger partial charge in [-0.15, -0.1) is 0 Å². The normalized spacial score (nSPS) is 54.7. The lowest BCUT2D eigenvalue weighted by Crippen LogP contribution is -2.82. The number of aliphatic hydroxyl groups is 2. The summed E-state index contributed by atoms with van der Waals surface area (Å²) in [5, 5.41) is 35.1. The van der Waals surface area contributed by atoms with Crippen LogP contribution in [-0.2, 0) is 39.8 Å². The van der Waals surface area contributed by atoms with Crippen molar-refractivity contribution in [2.75, 3.05) is 6.61 Å². The van der Waals surface area contributed by atoms with Gasteiger partial charge in [-0.3, -0.25) is 9.59 Å². The summed E-state index contributed by atoms with van der Waals surface area (Å²) in [7, 11) is 0. The van der Waals surface area contributed by atoms with Crippen LogP contribution in [0.3, 0.4) is 0 Å². The van der Waals surface area contributed by atoms with Gasteiger partial charge in [0.25, 0.3) is 0 Å². The molecule has 1 aromatic rings. The Balaban J connectivity index is 1.35. The molecule has 4 saturated heterocycles. The molecule has 0 radical (unpaired) electrons. The molecule has 4 aliphatic heterocycles. The van der Waals surface area contributed by atoms with Gasteiger partial charge in [0.15, 0.2) is 16.8 Å². The van der Waals surface area contributed by atoms with Crippen molar-refractivity contribution in [3.05, 3.63) is 29.3 Å². The van der Waals surface area contributed by atoms with Crippen molar-refractivity contribution in [3.63, 3.8) is 0 Å². The van der Waals surface area contributed by atoms with Gasteiger partial charge in [0.1, 0.15) is 23.2 Å². The van der Waals surface area contributed by atoms with Gasteiger partial charge < -0.3 is 34.3 Å². The second-order valence-electron chi connectivity index (χ2n) is 12.9. The van der Waals surface area contributed by atoms with E-state index in [4.69, 9.17) is 18.9 Å². The summed E-state index contributed by atoms with van der Waals surface area (Å²) in [6.07, 6.45) is -0.336. The zero-order chi connectivity index (χ0) is 26.8. The maximum Gasteiger partial charge on any atom is 0.342 e. The number of benzene rings is 1. The molecule has 3 aliphatic carbocycles. The molecule has 3 N–H and O–H groups in total. The number of hydrogen-bond acceptors (Lipinski definition) is 10. The molecule has 1 aromatic carbocycles. The van der Waals surface area contributed by atoms with Crippen molar-refractivity contribution in [1.82, 2.24) is 0 Å². The number of fused-ring (bicyclic) bond motifs is 2. The predicted molar refractivity (Wildman–Crippen MR) is 124 cm³/mol. The van der Waals surface area contributed by atoms with Crippen LogP contribution >= 0.6 is 0 Å². The van der Waals surface area contributed by atoms with Crippen molar-refractivity contribution in [2.24, 2.45) is 29.1 Å². The Hall–Kier alpha value is -2.53. The number of aryl methyl sites for hydroxylation is 1. The largest absolute Gasteiger partial charge is 0.508 e. The Kier molecular flexibility index (Phi) is 3.86. The molecule has 8 rings (SSSR count). The number of carbonyl (C=O) groups excluding carboxylic acids is 3. The molecule has 3 saturated carbocycles. The smallest absolute Gasteiger partial charge is 0.342 e. The fourth-order valence-electron chi connectivity index (χ4n) is 10.0. The SMILES string of the molecule is Cc1c(O)cccc1CC[C@@H]1C(=O)C2CC3(O)C(=O)O[C@@]4(C)[C@H]5C[C@@]6(C)[C@@H]7[C@@]2(O)[C@@]1(OC[C@H]6C(=O)O5)O[C@]734. The Labute approximate surface area is 218 Å². The first kappa shape index (κ1) is 23.4. The lowest BCUT2D eigenvalue weighted by atomic mass is 9.40. The lowest BCUT2D eigenvalue weighted by Gasteiger charge is -2.65. The minimum Gasteiger partial charge on any atom is -0.508 e. The highest BCUT2D eigenvalue weighted by molar-refractivity contribution is 5.95. The quantitative estimate of drug-likeness (QED) is 0.481. The highest BCUT2D eigenvalue weighted by Crippen LogP contribution is 2.82. The van der Waals surface area contributed by atoms with E-state index in [2.05, 4.69) is 0 Å². The van der Waals surface area contributed by atoms with Crippen LogP contribution in [0.25, 0.3) is 0 Å². The summed E-state index contributed by atoms with van der Waals surface area (Å²) in [5.74, 6) is -7.36. The van der Waals surface area contributed by atoms with E-state index < -0.39 is 75.3 Å². The van der Waals surface area contributed by atoms with Gasteiger partial charge in [-0.1, -0.05) is 19.1 Å². The van der Waals surface area contributed by atoms with Crippen LogP contribution in [0.4, 0.5) is 0 Å². The molecule has 0 aromatic heterocycles. The van der Waals surface area contributed by atoms with Crippen molar-refractivity contribution >= 4 is 17.7 Å². The summed E-state index contributed by atoms with van der Waals surface area (Å²) in [4.78, 5) is 40.9. The fourth-order valence-corrected chi connectivity index (χ4v) is 10.0. The van der Waals surface area contributed by atoms with Gasteiger partial charge in [-0.05, 0) is 55.7 Å². The van der Waals surface area contributed by atoms with Crippen molar-refractivity contribution < 1.29 is 48.7 Å². The maximum atomic E-state index is 14.1. The number of phenolic OH excluding ortho intramolecular Hbond substituents is 1. The number of hydrogen-bond donors (Lipinski definition) is 3. The van der Waals surface area contributed by atoms with E-state index >= 15 is 0 Å². The summed E-state index contributed by atoms with van der Waals surface area (Å²) in [6.45, 7) is 5.12. The Morgan fingerprint density at radius 3 is 2.61 bits per heavy atom. The van der Waals surface area contributed by atoms with Gasteiger partial charge in [0.2, 0.25) is 5.79 Å². The average Bonchev–Trinajstić information content (AvgIpc) is 3.20. The Bertz CT molecular complexity index is 1380. The number of ketones is 1. The number of esters is 2. The second kappa shape index (κ2) is 6.27. The van der Waals surface area contributed by atoms with Gasteiger partial charge in [0.05, 0.1) is 24.4 Å². The highest BCUT2D eigenvalue weighted by Gasteiger charge is 3.00. The highest BCUT2D eigenvalue weighted by atomic mass is 16.8. The van der Waals surface area contributed by atoms with E-state index in [9.17, 15) is 29.7 Å². The van der Waals surface area contributed by atoms with Gasteiger partial charge in [0, 0.05) is 12.3 Å². The summed E-state index contributed by atoms with van der Waals surface area (Å²) >= 11 is 0. The number of aromatic hydroxyl groups is 1. The van der Waals surface area contributed by atoms with Crippen LogP contribution in [0.1, 0.15) is 44.2 Å². The third-order valence-corrected chi connectivity index (χ3v) is 11.7. The summed E-state index contributed by atoms with van der Waals surface area (Å²) in [6, 6.07) is 5.20. The predicted octanol–water partition coefficient (Wildman–Crippen LogP) is 0.693. The third kappa shape index (κ3) is 1.95. The van der Waals surface area contributed by atoms with Crippen LogP contribution in [0.2, 0.25) is 0 Å². The number of carbonyl (C=O) groups is 3. The fraction of sp³-hybridized carbons (Fsp3) is 0.679. The molecular formula is C28H30O10. The molecule has 7 fully saturated rings. The molecule has 10 heteroatoms. The molecule has 10 nitrogen and oxygen atoms in total. The molecule has 2 unspecified atom stereocenters. The Morgan fingerprint density at radius 1 is 1.08 bits per heavy atom. The Morgan fingerprint density at radius 2 is 1.84 bits per heavy atom. The van der Waals surface area contributed by atoms with Crippen molar-refractivity contribution in [2.45, 2.75) is 80.7 Å². The van der Waals surface area contributed by atoms with Crippen molar-refractivity contribution in [3.8, 4) is 5.75 Å². The number of ether oxygens (including phenoxy) is 4. The van der Waals surface area contributed by atoms with Crippen LogP contribution in [-0.4, -0.2) is 73.9 Å². The van der Waals surface area contributed by atoms with Crippen molar-refractivity contribution in [1.29, 1.82) is 0 Å². The molecule has 6 bridgehead atoms. The lowest BCUT2D eigenvalue weighted by molar-refractivity contribution is -0.364. The molecule has 202 valence electrons. The maximum absolute atomic E-state index is 14.1. The second-order valence-corrected chi connectivity index (χ2v) is 12.9. The molecule has 11 atom stereocenters. The zero-order valence-electron chi connectivity index (χ0n) is 21.4. The van der Waals surface area contributed by atoms with E-state index in [1.165, 1.54) is 0 Å². The van der Waals surface area contributed by atoms with Crippen LogP contribution in [0, 0.1) is 36.0 Å². The van der Waals surface area contributed by atoms with Crippen LogP contribution < -0.4 is 0 Å². The summed E-state index contributed by atoms with van der Waals surface area (Å²) in [5.41, 5.74) is -6.92. The monoisotopic (exact) mass is 526 g/mol. The number of Topliss-reactive ketones (excluding diaryl/α,β-unsaturated/α-hetero) is 1. The van der Waals surface area contributed by atoms with E-state index in [1.54, 1.807) is 26.0 Å². The van der Waals surface area contributed by atoms with Gasteiger partial charge in [-0.25, -0.2) is 4.79 Å². The molecule has 1 spiro atoms. The van der Waals surface area contributed by atoms with Crippen LogP contribution in [0.15, 0.2) is 18.2 Å². The molecule has 0 amide bonds. The number of rotatable bonds is 3. The first-order chi connectivity index (χ1) is 17.8. The first-order valence-corrected chi connectivity index (χ1v) is 13.4. The minimum absolute atomic E-state index is 0.122. The zero-order valence-corrected chi connectivity index (χ0v) is 21.4. The van der Waals surface area contributed by atoms with Gasteiger partial charge in [-0.2, -0.15) is 0 Å². The molecule has 38 heavy (non-hydrogen) atoms. The van der Waals surface area contributed by atoms with E-state index in [-0.39, 0.29) is 37.4 Å². The van der Waals surface area contributed by atoms with E-state index in [0.29, 0.717) is 12.0 Å². The minimum atomic E-state index is -2.22. The summed E-state index contributed by atoms with van der Waals surface area (Å²) < 4.78 is 25.0. The standard InChI is InChI=1S/C28H30O10/c1-12-13(5-4-6-17(12)29)7-8-14-19(30)15-9-25(33)22(32)37-24(3)18-10-23(2)16(20(31)36-18)11-35-28(14)26(15,34)21(23)27(24,25)38-28/h4-6,14-16,18,21,29,33-34H,7-11H2,1-3H3/t14-,15?,16+,18-,21-,23-,24+,25?,26-,27+,28+/m1/s1. The van der Waals surface area contributed by atoms with E-state index in [1.807, 2.05) is 13.0 Å². The van der Waals surface area contributed by atoms with Crippen LogP contribution in [0.5, 0.6) is 5.75 Å². The van der Waals surface area contributed by atoms with Gasteiger partial charge >= 0.3 is 11.9 Å². The number of phenols is 1. The third-order valence-electron chi connectivity index (χ3n) is 11.7. The molecular weight excluding hydrogens is 496 g/mol. The average molecular weight is 527 g/mol. The topological polar surface area (TPSA) is 149 Å². The molecule has 7 aliphatic rings.